The highest BCUT2D eigenvalue weighted by Crippen LogP contribution is 2.29. The van der Waals surface area contributed by atoms with Crippen molar-refractivity contribution < 1.29 is 9.53 Å². The number of benzene rings is 2. The summed E-state index contributed by atoms with van der Waals surface area (Å²) >= 11 is 0. The summed E-state index contributed by atoms with van der Waals surface area (Å²) in [5.74, 6) is 1.30. The molecule has 0 aromatic heterocycles. The summed E-state index contributed by atoms with van der Waals surface area (Å²) in [5.41, 5.74) is 6.32. The molecular weight excluding hydrogens is 264 g/mol. The van der Waals surface area contributed by atoms with Gasteiger partial charge in [-0.2, -0.15) is 0 Å². The molecule has 0 saturated carbocycles. The summed E-state index contributed by atoms with van der Waals surface area (Å²) in [7, 11) is 0. The van der Waals surface area contributed by atoms with Crippen molar-refractivity contribution in [2.24, 2.45) is 5.73 Å². The quantitative estimate of drug-likeness (QED) is 0.852. The van der Waals surface area contributed by atoms with Crippen molar-refractivity contribution in [2.45, 2.75) is 25.8 Å². The van der Waals surface area contributed by atoms with Crippen molar-refractivity contribution in [3.05, 3.63) is 54.6 Å². The molecule has 0 fully saturated rings. The predicted molar refractivity (Wildman–Crippen MR) is 84.5 cm³/mol. The van der Waals surface area contributed by atoms with Crippen LogP contribution >= 0.6 is 0 Å². The Morgan fingerprint density at radius 1 is 1.14 bits per heavy atom. The average molecular weight is 284 g/mol. The second-order valence-electron chi connectivity index (χ2n) is 4.98. The third-order valence-corrected chi connectivity index (χ3v) is 2.96. The molecule has 0 heterocycles. The second kappa shape index (κ2) is 7.45. The molecular formula is C17H20N2O2. The minimum atomic E-state index is -0.0589. The fraction of sp³-hybridized carbons (Fsp3) is 0.235. The summed E-state index contributed by atoms with van der Waals surface area (Å²) in [6.45, 7) is 1.89. The molecule has 1 unspecified atom stereocenters. The van der Waals surface area contributed by atoms with E-state index in [1.807, 2.05) is 61.5 Å². The maximum Gasteiger partial charge on any atom is 0.224 e. The van der Waals surface area contributed by atoms with E-state index >= 15 is 0 Å². The molecule has 0 aliphatic rings. The van der Waals surface area contributed by atoms with Crippen LogP contribution in [0.25, 0.3) is 0 Å². The third-order valence-electron chi connectivity index (χ3n) is 2.96. The number of ether oxygens (including phenoxy) is 1. The molecule has 1 atom stereocenters. The van der Waals surface area contributed by atoms with E-state index in [4.69, 9.17) is 10.5 Å². The number of hydrogen-bond donors (Lipinski definition) is 2. The minimum Gasteiger partial charge on any atom is -0.455 e. The molecule has 1 amide bonds. The molecule has 0 radical (unpaired) electrons. The maximum atomic E-state index is 11.9. The first-order valence-electron chi connectivity index (χ1n) is 7.02. The Bertz CT molecular complexity index is 582. The normalized spacial score (nSPS) is 11.7. The number of para-hydroxylation sites is 3. The summed E-state index contributed by atoms with van der Waals surface area (Å²) < 4.78 is 5.80. The monoisotopic (exact) mass is 284 g/mol. The smallest absolute Gasteiger partial charge is 0.224 e. The number of nitrogens with two attached hydrogens (primary N) is 1. The zero-order valence-corrected chi connectivity index (χ0v) is 12.1. The van der Waals surface area contributed by atoms with Gasteiger partial charge in [0.05, 0.1) is 5.69 Å². The number of carbonyl (C=O) groups is 1. The second-order valence-corrected chi connectivity index (χ2v) is 4.98. The number of anilines is 1. The topological polar surface area (TPSA) is 64.4 Å². The molecule has 0 aliphatic carbocycles. The Kier molecular flexibility index (Phi) is 5.35. The molecule has 4 heteroatoms. The van der Waals surface area contributed by atoms with Gasteiger partial charge < -0.3 is 15.8 Å². The van der Waals surface area contributed by atoms with Gasteiger partial charge in [0.2, 0.25) is 5.91 Å². The van der Waals surface area contributed by atoms with Crippen LogP contribution in [0.5, 0.6) is 11.5 Å². The van der Waals surface area contributed by atoms with Gasteiger partial charge in [-0.15, -0.1) is 0 Å². The Morgan fingerprint density at radius 2 is 1.81 bits per heavy atom. The van der Waals surface area contributed by atoms with Gasteiger partial charge in [0.15, 0.2) is 5.75 Å². The lowest BCUT2D eigenvalue weighted by molar-refractivity contribution is -0.116. The van der Waals surface area contributed by atoms with Gasteiger partial charge in [-0.1, -0.05) is 30.3 Å². The highest BCUT2D eigenvalue weighted by molar-refractivity contribution is 5.92. The van der Waals surface area contributed by atoms with Crippen LogP contribution in [0.1, 0.15) is 19.8 Å². The van der Waals surface area contributed by atoms with E-state index in [0.717, 1.165) is 5.75 Å². The molecule has 3 N–H and O–H groups in total. The molecule has 0 saturated heterocycles. The van der Waals surface area contributed by atoms with Gasteiger partial charge in [0.25, 0.3) is 0 Å². The van der Waals surface area contributed by atoms with Crippen molar-refractivity contribution >= 4 is 11.6 Å². The minimum absolute atomic E-state index is 0.0200. The van der Waals surface area contributed by atoms with E-state index in [9.17, 15) is 4.79 Å². The number of amides is 1. The van der Waals surface area contributed by atoms with Crippen LogP contribution < -0.4 is 15.8 Å². The molecule has 110 valence electrons. The summed E-state index contributed by atoms with van der Waals surface area (Å²) in [4.78, 5) is 11.9. The van der Waals surface area contributed by atoms with E-state index in [-0.39, 0.29) is 11.9 Å². The average Bonchev–Trinajstić information content (AvgIpc) is 2.48. The van der Waals surface area contributed by atoms with Crippen LogP contribution in [0.4, 0.5) is 5.69 Å². The molecule has 2 rings (SSSR count). The van der Waals surface area contributed by atoms with Crippen LogP contribution in [0.2, 0.25) is 0 Å². The van der Waals surface area contributed by atoms with Crippen molar-refractivity contribution in [1.82, 2.24) is 0 Å². The summed E-state index contributed by atoms with van der Waals surface area (Å²) in [5, 5.41) is 2.87. The fourth-order valence-electron chi connectivity index (χ4n) is 1.85. The number of rotatable bonds is 6. The molecule has 0 spiro atoms. The number of carbonyl (C=O) groups excluding carboxylic acids is 1. The molecule has 2 aromatic carbocycles. The lowest BCUT2D eigenvalue weighted by atomic mass is 10.2. The highest BCUT2D eigenvalue weighted by atomic mass is 16.5. The van der Waals surface area contributed by atoms with Crippen molar-refractivity contribution in [3.63, 3.8) is 0 Å². The Morgan fingerprint density at radius 3 is 2.52 bits per heavy atom. The van der Waals surface area contributed by atoms with Crippen LogP contribution in [0.15, 0.2) is 54.6 Å². The van der Waals surface area contributed by atoms with Gasteiger partial charge in [-0.05, 0) is 37.6 Å². The summed E-state index contributed by atoms with van der Waals surface area (Å²) in [6.07, 6.45) is 1.06. The van der Waals surface area contributed by atoms with E-state index < -0.39 is 0 Å². The lowest BCUT2D eigenvalue weighted by Crippen LogP contribution is -2.19. The summed E-state index contributed by atoms with van der Waals surface area (Å²) in [6, 6.07) is 16.9. The van der Waals surface area contributed by atoms with Crippen LogP contribution in [-0.4, -0.2) is 11.9 Å². The SMILES string of the molecule is CC(N)CCC(=O)Nc1ccccc1Oc1ccccc1. The zero-order chi connectivity index (χ0) is 15.1. The molecule has 0 aliphatic heterocycles. The molecule has 2 aromatic rings. The molecule has 0 bridgehead atoms. The van der Waals surface area contributed by atoms with Crippen molar-refractivity contribution in [2.75, 3.05) is 5.32 Å². The van der Waals surface area contributed by atoms with Crippen molar-refractivity contribution in [3.8, 4) is 11.5 Å². The standard InChI is InChI=1S/C17H20N2O2/c1-13(18)11-12-17(20)19-15-9-5-6-10-16(15)21-14-7-3-2-4-8-14/h2-10,13H,11-12,18H2,1H3,(H,19,20). The first-order valence-corrected chi connectivity index (χ1v) is 7.02. The Labute approximate surface area is 124 Å². The first-order chi connectivity index (χ1) is 10.1. The van der Waals surface area contributed by atoms with Gasteiger partial charge in [0, 0.05) is 12.5 Å². The van der Waals surface area contributed by atoms with Gasteiger partial charge >= 0.3 is 0 Å². The molecule has 4 nitrogen and oxygen atoms in total. The third kappa shape index (κ3) is 4.93. The van der Waals surface area contributed by atoms with Crippen LogP contribution in [0.3, 0.4) is 0 Å². The van der Waals surface area contributed by atoms with E-state index in [0.29, 0.717) is 24.3 Å². The molecule has 21 heavy (non-hydrogen) atoms. The van der Waals surface area contributed by atoms with Gasteiger partial charge in [-0.3, -0.25) is 4.79 Å². The highest BCUT2D eigenvalue weighted by Gasteiger charge is 2.09. The van der Waals surface area contributed by atoms with E-state index in [1.165, 1.54) is 0 Å². The number of nitrogens with one attached hydrogen (secondary N) is 1. The first kappa shape index (κ1) is 15.1. The van der Waals surface area contributed by atoms with Crippen molar-refractivity contribution in [1.29, 1.82) is 0 Å². The fourth-order valence-corrected chi connectivity index (χ4v) is 1.85. The predicted octanol–water partition coefficient (Wildman–Crippen LogP) is 3.54. The zero-order valence-electron chi connectivity index (χ0n) is 12.1. The Balaban J connectivity index is 2.05. The Hall–Kier alpha value is -2.33. The van der Waals surface area contributed by atoms with E-state index in [1.54, 1.807) is 0 Å². The van der Waals surface area contributed by atoms with Gasteiger partial charge in [-0.25, -0.2) is 0 Å². The van der Waals surface area contributed by atoms with Crippen LogP contribution in [-0.2, 0) is 4.79 Å². The number of hydrogen-bond acceptors (Lipinski definition) is 3. The van der Waals surface area contributed by atoms with E-state index in [2.05, 4.69) is 5.32 Å². The lowest BCUT2D eigenvalue weighted by Gasteiger charge is -2.12. The largest absolute Gasteiger partial charge is 0.455 e. The van der Waals surface area contributed by atoms with Crippen LogP contribution in [0, 0.1) is 0 Å². The van der Waals surface area contributed by atoms with Gasteiger partial charge in [0.1, 0.15) is 5.75 Å². The maximum absolute atomic E-state index is 11.9.